The van der Waals surface area contributed by atoms with E-state index >= 15 is 0 Å². The van der Waals surface area contributed by atoms with Crippen molar-refractivity contribution < 1.29 is 21.4 Å². The van der Waals surface area contributed by atoms with E-state index in [0.717, 1.165) is 4.31 Å². The summed E-state index contributed by atoms with van der Waals surface area (Å²) < 4.78 is 58.1. The number of sulfonamides is 2. The van der Waals surface area contributed by atoms with Crippen LogP contribution in [0.25, 0.3) is 0 Å². The van der Waals surface area contributed by atoms with Gasteiger partial charge >= 0.3 is 0 Å². The molecule has 0 aliphatic carbocycles. The zero-order valence-electron chi connectivity index (χ0n) is 14.5. The highest BCUT2D eigenvalue weighted by molar-refractivity contribution is 7.89. The van der Waals surface area contributed by atoms with E-state index in [0.29, 0.717) is 5.56 Å². The Hall–Kier alpha value is -1.75. The first-order chi connectivity index (χ1) is 11.6. The topological polar surface area (TPSA) is 110 Å². The molecule has 1 aromatic carbocycles. The zero-order chi connectivity index (χ0) is 18.8. The number of nitrogens with one attached hydrogen (secondary N) is 1. The number of nitrogens with zero attached hydrogens (tertiary/aromatic N) is 2. The van der Waals surface area contributed by atoms with Gasteiger partial charge in [0.05, 0.1) is 4.90 Å². The van der Waals surface area contributed by atoms with Crippen LogP contribution in [0.5, 0.6) is 0 Å². The molecule has 0 amide bonds. The Morgan fingerprint density at radius 1 is 1.12 bits per heavy atom. The number of hydrogen-bond acceptors (Lipinski definition) is 6. The number of aryl methyl sites for hydroxylation is 3. The number of aromatic nitrogens is 1. The lowest BCUT2D eigenvalue weighted by Crippen LogP contribution is -2.36. The third-order valence-corrected chi connectivity index (χ3v) is 7.46. The first-order valence-corrected chi connectivity index (χ1v) is 10.4. The van der Waals surface area contributed by atoms with E-state index < -0.39 is 20.0 Å². The van der Waals surface area contributed by atoms with Crippen molar-refractivity contribution in [1.82, 2.24) is 14.2 Å². The normalized spacial score (nSPS) is 12.7. The molecular formula is C15H21N3O5S2. The van der Waals surface area contributed by atoms with Gasteiger partial charge in [-0.15, -0.1) is 0 Å². The van der Waals surface area contributed by atoms with Crippen molar-refractivity contribution in [2.45, 2.75) is 30.6 Å². The average Bonchev–Trinajstić information content (AvgIpc) is 2.86. The highest BCUT2D eigenvalue weighted by Crippen LogP contribution is 2.22. The van der Waals surface area contributed by atoms with Crippen molar-refractivity contribution in [3.63, 3.8) is 0 Å². The molecule has 0 aliphatic heterocycles. The molecule has 8 nitrogen and oxygen atoms in total. The number of likely N-dealkylation sites (N-methyl/N-ethyl adjacent to an activating group) is 1. The maximum atomic E-state index is 12.6. The van der Waals surface area contributed by atoms with Gasteiger partial charge in [-0.1, -0.05) is 23.4 Å². The molecule has 0 saturated heterocycles. The lowest BCUT2D eigenvalue weighted by Gasteiger charge is -2.17. The number of hydrogen-bond donors (Lipinski definition) is 1. The molecule has 0 radical (unpaired) electrons. The molecule has 25 heavy (non-hydrogen) atoms. The van der Waals surface area contributed by atoms with Gasteiger partial charge in [0.2, 0.25) is 20.0 Å². The predicted octanol–water partition coefficient (Wildman–Crippen LogP) is 1.20. The molecule has 0 saturated carbocycles. The Morgan fingerprint density at radius 2 is 1.76 bits per heavy atom. The number of rotatable bonds is 7. The molecule has 0 atom stereocenters. The van der Waals surface area contributed by atoms with E-state index in [2.05, 4.69) is 9.88 Å². The van der Waals surface area contributed by atoms with E-state index in [1.807, 2.05) is 0 Å². The van der Waals surface area contributed by atoms with E-state index in [4.69, 9.17) is 4.52 Å². The van der Waals surface area contributed by atoms with Crippen LogP contribution < -0.4 is 4.72 Å². The summed E-state index contributed by atoms with van der Waals surface area (Å²) in [7, 11) is -6.13. The summed E-state index contributed by atoms with van der Waals surface area (Å²) in [5.41, 5.74) is 0.886. The Balaban J connectivity index is 2.08. The quantitative estimate of drug-likeness (QED) is 0.764. The van der Waals surface area contributed by atoms with Crippen molar-refractivity contribution in [2.24, 2.45) is 0 Å². The van der Waals surface area contributed by atoms with Crippen LogP contribution in [0.15, 0.2) is 38.6 Å². The van der Waals surface area contributed by atoms with Gasteiger partial charge in [0.15, 0.2) is 5.76 Å². The second-order valence-electron chi connectivity index (χ2n) is 5.64. The van der Waals surface area contributed by atoms with Crippen molar-refractivity contribution in [2.75, 3.05) is 20.1 Å². The van der Waals surface area contributed by atoms with Crippen molar-refractivity contribution in [3.05, 3.63) is 41.3 Å². The lowest BCUT2D eigenvalue weighted by molar-refractivity contribution is 0.389. The van der Waals surface area contributed by atoms with Crippen LogP contribution in [0.2, 0.25) is 0 Å². The van der Waals surface area contributed by atoms with Crippen LogP contribution in [-0.4, -0.2) is 46.4 Å². The Labute approximate surface area is 147 Å². The van der Waals surface area contributed by atoms with Gasteiger partial charge in [-0.25, -0.2) is 21.6 Å². The van der Waals surface area contributed by atoms with Crippen LogP contribution in [0.3, 0.4) is 0 Å². The third kappa shape index (κ3) is 4.09. The third-order valence-electron chi connectivity index (χ3n) is 3.74. The van der Waals surface area contributed by atoms with Crippen molar-refractivity contribution in [1.29, 1.82) is 0 Å². The van der Waals surface area contributed by atoms with Gasteiger partial charge in [-0.3, -0.25) is 0 Å². The molecule has 0 fully saturated rings. The summed E-state index contributed by atoms with van der Waals surface area (Å²) in [4.78, 5) is 0.183. The molecule has 1 aromatic heterocycles. The first kappa shape index (κ1) is 19.6. The van der Waals surface area contributed by atoms with Crippen LogP contribution in [0.4, 0.5) is 0 Å². The average molecular weight is 387 g/mol. The molecule has 1 heterocycles. The monoisotopic (exact) mass is 387 g/mol. The fourth-order valence-corrected chi connectivity index (χ4v) is 5.11. The molecule has 138 valence electrons. The molecule has 0 aliphatic rings. The standard InChI is InChI=1S/C15H21N3O5S2/c1-11-7-5-6-8-14(11)24(19,20)16-9-10-18(4)25(21,22)15-12(2)17-23-13(15)3/h5-8,16H,9-10H2,1-4H3. The molecule has 0 bridgehead atoms. The van der Waals surface area contributed by atoms with Crippen molar-refractivity contribution >= 4 is 20.0 Å². The van der Waals surface area contributed by atoms with Crippen LogP contribution in [-0.2, 0) is 20.0 Å². The minimum Gasteiger partial charge on any atom is -0.360 e. The van der Waals surface area contributed by atoms with Crippen LogP contribution >= 0.6 is 0 Å². The largest absolute Gasteiger partial charge is 0.360 e. The predicted molar refractivity (Wildman–Crippen MR) is 92.2 cm³/mol. The Morgan fingerprint density at radius 3 is 2.32 bits per heavy atom. The molecule has 0 unspecified atom stereocenters. The second-order valence-corrected chi connectivity index (χ2v) is 9.36. The maximum absolute atomic E-state index is 12.6. The van der Waals surface area contributed by atoms with Gasteiger partial charge in [0, 0.05) is 20.1 Å². The molecular weight excluding hydrogens is 366 g/mol. The molecule has 10 heteroatoms. The minimum absolute atomic E-state index is 0.0109. The molecule has 1 N–H and O–H groups in total. The fraction of sp³-hybridized carbons (Fsp3) is 0.400. The lowest BCUT2D eigenvalue weighted by atomic mass is 10.2. The highest BCUT2D eigenvalue weighted by atomic mass is 32.2. The molecule has 0 spiro atoms. The van der Waals surface area contributed by atoms with Gasteiger partial charge < -0.3 is 4.52 Å². The Kier molecular flexibility index (Phi) is 5.67. The van der Waals surface area contributed by atoms with E-state index in [9.17, 15) is 16.8 Å². The summed E-state index contributed by atoms with van der Waals surface area (Å²) in [5.74, 6) is 0.199. The van der Waals surface area contributed by atoms with E-state index in [1.165, 1.54) is 27.0 Å². The minimum atomic E-state index is -3.81. The summed E-state index contributed by atoms with van der Waals surface area (Å²) in [6.07, 6.45) is 0. The summed E-state index contributed by atoms with van der Waals surface area (Å²) >= 11 is 0. The fourth-order valence-electron chi connectivity index (χ4n) is 2.39. The highest BCUT2D eigenvalue weighted by Gasteiger charge is 2.28. The number of benzene rings is 1. The van der Waals surface area contributed by atoms with Gasteiger partial charge in [-0.2, -0.15) is 4.31 Å². The van der Waals surface area contributed by atoms with E-state index in [-0.39, 0.29) is 34.3 Å². The molecule has 2 rings (SSSR count). The maximum Gasteiger partial charge on any atom is 0.248 e. The van der Waals surface area contributed by atoms with Crippen molar-refractivity contribution in [3.8, 4) is 0 Å². The van der Waals surface area contributed by atoms with Crippen LogP contribution in [0, 0.1) is 20.8 Å². The van der Waals surface area contributed by atoms with Gasteiger partial charge in [0.1, 0.15) is 10.6 Å². The van der Waals surface area contributed by atoms with Crippen LogP contribution in [0.1, 0.15) is 17.0 Å². The second kappa shape index (κ2) is 7.24. The first-order valence-electron chi connectivity index (χ1n) is 7.52. The van der Waals surface area contributed by atoms with Gasteiger partial charge in [0.25, 0.3) is 0 Å². The SMILES string of the molecule is Cc1ccccc1S(=O)(=O)NCCN(C)S(=O)(=O)c1c(C)noc1C. The zero-order valence-corrected chi connectivity index (χ0v) is 16.1. The summed E-state index contributed by atoms with van der Waals surface area (Å²) in [5, 5.41) is 3.64. The van der Waals surface area contributed by atoms with E-state index in [1.54, 1.807) is 25.1 Å². The summed E-state index contributed by atoms with van der Waals surface area (Å²) in [6.45, 7) is 4.66. The smallest absolute Gasteiger partial charge is 0.248 e. The summed E-state index contributed by atoms with van der Waals surface area (Å²) in [6, 6.07) is 6.58. The van der Waals surface area contributed by atoms with Gasteiger partial charge in [-0.05, 0) is 32.4 Å². The molecule has 2 aromatic rings. The Bertz CT molecular complexity index is 945.